The van der Waals surface area contributed by atoms with Crippen LogP contribution in [0.5, 0.6) is 0 Å². The highest BCUT2D eigenvalue weighted by molar-refractivity contribution is 5.82. The first kappa shape index (κ1) is 16.4. The second kappa shape index (κ2) is 7.85. The van der Waals surface area contributed by atoms with Gasteiger partial charge in [-0.25, -0.2) is 4.39 Å². The summed E-state index contributed by atoms with van der Waals surface area (Å²) in [6.07, 6.45) is 0. The first-order chi connectivity index (χ1) is 10.5. The van der Waals surface area contributed by atoms with E-state index in [9.17, 15) is 9.18 Å². The SMILES string of the molecule is CC(C)C(=O)CN(Cc1ccccc1)Cc1ccc(F)cc1. The Morgan fingerprint density at radius 1 is 0.955 bits per heavy atom. The number of carbonyl (C=O) groups is 1. The van der Waals surface area contributed by atoms with Crippen LogP contribution in [0.3, 0.4) is 0 Å². The number of carbonyl (C=O) groups excluding carboxylic acids is 1. The molecule has 0 atom stereocenters. The first-order valence-corrected chi connectivity index (χ1v) is 7.58. The second-order valence-electron chi connectivity index (χ2n) is 5.88. The smallest absolute Gasteiger partial charge is 0.149 e. The molecular weight excluding hydrogens is 277 g/mol. The van der Waals surface area contributed by atoms with Gasteiger partial charge in [-0.05, 0) is 23.3 Å². The lowest BCUT2D eigenvalue weighted by atomic mass is 10.1. The average Bonchev–Trinajstić information content (AvgIpc) is 2.50. The number of halogens is 1. The van der Waals surface area contributed by atoms with Gasteiger partial charge in [-0.15, -0.1) is 0 Å². The van der Waals surface area contributed by atoms with E-state index in [1.165, 1.54) is 17.7 Å². The monoisotopic (exact) mass is 299 g/mol. The van der Waals surface area contributed by atoms with E-state index in [0.29, 0.717) is 19.6 Å². The Hall–Kier alpha value is -2.00. The molecule has 0 heterocycles. The van der Waals surface area contributed by atoms with Crippen molar-refractivity contribution in [3.63, 3.8) is 0 Å². The van der Waals surface area contributed by atoms with Crippen molar-refractivity contribution in [3.05, 3.63) is 71.5 Å². The largest absolute Gasteiger partial charge is 0.298 e. The Kier molecular flexibility index (Phi) is 5.84. The van der Waals surface area contributed by atoms with E-state index in [-0.39, 0.29) is 17.5 Å². The predicted molar refractivity (Wildman–Crippen MR) is 86.8 cm³/mol. The van der Waals surface area contributed by atoms with Gasteiger partial charge in [-0.3, -0.25) is 9.69 Å². The second-order valence-corrected chi connectivity index (χ2v) is 5.88. The number of benzene rings is 2. The van der Waals surface area contributed by atoms with Gasteiger partial charge in [-0.2, -0.15) is 0 Å². The molecule has 3 heteroatoms. The lowest BCUT2D eigenvalue weighted by molar-refractivity contribution is -0.123. The number of ketones is 1. The lowest BCUT2D eigenvalue weighted by Crippen LogP contribution is -2.31. The van der Waals surface area contributed by atoms with Gasteiger partial charge in [0.2, 0.25) is 0 Å². The van der Waals surface area contributed by atoms with Gasteiger partial charge in [0.25, 0.3) is 0 Å². The summed E-state index contributed by atoms with van der Waals surface area (Å²) in [5.41, 5.74) is 2.18. The summed E-state index contributed by atoms with van der Waals surface area (Å²) in [4.78, 5) is 14.2. The number of Topliss-reactive ketones (excluding diaryl/α,β-unsaturated/α-hetero) is 1. The number of hydrogen-bond donors (Lipinski definition) is 0. The van der Waals surface area contributed by atoms with Gasteiger partial charge in [0.15, 0.2) is 0 Å². The summed E-state index contributed by atoms with van der Waals surface area (Å²) in [5.74, 6) is 0.00106. The van der Waals surface area contributed by atoms with Crippen LogP contribution < -0.4 is 0 Å². The molecule has 0 N–H and O–H groups in total. The highest BCUT2D eigenvalue weighted by Gasteiger charge is 2.14. The van der Waals surface area contributed by atoms with Gasteiger partial charge in [0.05, 0.1) is 6.54 Å². The van der Waals surface area contributed by atoms with Crippen LogP contribution in [0.4, 0.5) is 4.39 Å². The Morgan fingerprint density at radius 3 is 2.05 bits per heavy atom. The molecule has 0 amide bonds. The van der Waals surface area contributed by atoms with Crippen molar-refractivity contribution >= 4 is 5.78 Å². The van der Waals surface area contributed by atoms with Crippen LogP contribution in [0, 0.1) is 11.7 Å². The van der Waals surface area contributed by atoms with E-state index in [0.717, 1.165) is 5.56 Å². The van der Waals surface area contributed by atoms with Crippen molar-refractivity contribution in [1.29, 1.82) is 0 Å². The molecule has 0 spiro atoms. The highest BCUT2D eigenvalue weighted by Crippen LogP contribution is 2.12. The van der Waals surface area contributed by atoms with E-state index < -0.39 is 0 Å². The van der Waals surface area contributed by atoms with Crippen LogP contribution in [0.15, 0.2) is 54.6 Å². The van der Waals surface area contributed by atoms with Gasteiger partial charge in [0.1, 0.15) is 11.6 Å². The Balaban J connectivity index is 2.10. The van der Waals surface area contributed by atoms with Crippen LogP contribution in [-0.2, 0) is 17.9 Å². The molecule has 0 aromatic heterocycles. The maximum atomic E-state index is 13.0. The third-order valence-electron chi connectivity index (χ3n) is 3.59. The van der Waals surface area contributed by atoms with Gasteiger partial charge in [-0.1, -0.05) is 56.3 Å². The quantitative estimate of drug-likeness (QED) is 0.768. The predicted octanol–water partition coefficient (Wildman–Crippen LogP) is 4.05. The Bertz CT molecular complexity index is 593. The van der Waals surface area contributed by atoms with Crippen LogP contribution in [0.2, 0.25) is 0 Å². The van der Waals surface area contributed by atoms with Crippen molar-refractivity contribution in [2.24, 2.45) is 5.92 Å². The summed E-state index contributed by atoms with van der Waals surface area (Å²) in [5, 5.41) is 0. The molecule has 0 radical (unpaired) electrons. The maximum absolute atomic E-state index is 13.0. The third-order valence-corrected chi connectivity index (χ3v) is 3.59. The van der Waals surface area contributed by atoms with Gasteiger partial charge >= 0.3 is 0 Å². The van der Waals surface area contributed by atoms with Crippen molar-refractivity contribution in [1.82, 2.24) is 4.90 Å². The van der Waals surface area contributed by atoms with E-state index in [4.69, 9.17) is 0 Å². The summed E-state index contributed by atoms with van der Waals surface area (Å²) >= 11 is 0. The summed E-state index contributed by atoms with van der Waals surface area (Å²) in [6, 6.07) is 16.5. The minimum atomic E-state index is -0.239. The zero-order chi connectivity index (χ0) is 15.9. The molecule has 2 aromatic carbocycles. The van der Waals surface area contributed by atoms with Crippen molar-refractivity contribution in [2.75, 3.05) is 6.54 Å². The normalized spacial score (nSPS) is 11.1. The van der Waals surface area contributed by atoms with E-state index in [2.05, 4.69) is 17.0 Å². The molecule has 2 nitrogen and oxygen atoms in total. The molecule has 0 aliphatic rings. The number of nitrogens with zero attached hydrogens (tertiary/aromatic N) is 1. The molecular formula is C19H22FNO. The number of hydrogen-bond acceptors (Lipinski definition) is 2. The molecule has 2 aromatic rings. The third kappa shape index (κ3) is 5.08. The fraction of sp³-hybridized carbons (Fsp3) is 0.316. The fourth-order valence-corrected chi connectivity index (χ4v) is 2.26. The average molecular weight is 299 g/mol. The summed E-state index contributed by atoms with van der Waals surface area (Å²) < 4.78 is 13.0. The molecule has 0 saturated carbocycles. The molecule has 0 aliphatic carbocycles. The van der Waals surface area contributed by atoms with Gasteiger partial charge in [0, 0.05) is 19.0 Å². The molecule has 0 aliphatic heterocycles. The molecule has 0 fully saturated rings. The van der Waals surface area contributed by atoms with Crippen LogP contribution in [0.25, 0.3) is 0 Å². The molecule has 0 bridgehead atoms. The molecule has 2 rings (SSSR count). The van der Waals surface area contributed by atoms with E-state index in [1.54, 1.807) is 12.1 Å². The molecule has 116 valence electrons. The summed E-state index contributed by atoms with van der Waals surface area (Å²) in [6.45, 7) is 5.58. The van der Waals surface area contributed by atoms with Gasteiger partial charge < -0.3 is 0 Å². The maximum Gasteiger partial charge on any atom is 0.149 e. The molecule has 22 heavy (non-hydrogen) atoms. The standard InChI is InChI=1S/C19H22FNO/c1-15(2)19(22)14-21(12-16-6-4-3-5-7-16)13-17-8-10-18(20)11-9-17/h3-11,15H,12-14H2,1-2H3. The van der Waals surface area contributed by atoms with Crippen LogP contribution in [0.1, 0.15) is 25.0 Å². The minimum Gasteiger partial charge on any atom is -0.298 e. The summed E-state index contributed by atoms with van der Waals surface area (Å²) in [7, 11) is 0. The Labute approximate surface area is 131 Å². The fourth-order valence-electron chi connectivity index (χ4n) is 2.26. The van der Waals surface area contributed by atoms with Crippen molar-refractivity contribution in [3.8, 4) is 0 Å². The topological polar surface area (TPSA) is 20.3 Å². The first-order valence-electron chi connectivity index (χ1n) is 7.58. The number of rotatable bonds is 7. The highest BCUT2D eigenvalue weighted by atomic mass is 19.1. The van der Waals surface area contributed by atoms with E-state index >= 15 is 0 Å². The Morgan fingerprint density at radius 2 is 1.50 bits per heavy atom. The van der Waals surface area contributed by atoms with Crippen LogP contribution in [-0.4, -0.2) is 17.2 Å². The van der Waals surface area contributed by atoms with Crippen molar-refractivity contribution < 1.29 is 9.18 Å². The molecule has 0 unspecified atom stereocenters. The minimum absolute atomic E-state index is 0.0199. The lowest BCUT2D eigenvalue weighted by Gasteiger charge is -2.23. The van der Waals surface area contributed by atoms with Crippen molar-refractivity contribution in [2.45, 2.75) is 26.9 Å². The zero-order valence-corrected chi connectivity index (χ0v) is 13.1. The van der Waals surface area contributed by atoms with Crippen LogP contribution >= 0.6 is 0 Å². The molecule has 0 saturated heterocycles. The van der Waals surface area contributed by atoms with E-state index in [1.807, 2.05) is 32.0 Å². The zero-order valence-electron chi connectivity index (χ0n) is 13.1.